The summed E-state index contributed by atoms with van der Waals surface area (Å²) in [7, 11) is 0. The summed E-state index contributed by atoms with van der Waals surface area (Å²) < 4.78 is 25.2. The largest absolute Gasteiger partial charge is 0.422 e. The molecule has 0 amide bonds. The van der Waals surface area contributed by atoms with Crippen LogP contribution in [0.25, 0.3) is 0 Å². The number of cyclic esters (lactones) is 2. The van der Waals surface area contributed by atoms with Crippen molar-refractivity contribution in [1.82, 2.24) is 0 Å². The summed E-state index contributed by atoms with van der Waals surface area (Å²) in [4.78, 5) is 28.7. The number of fused-ring (bicyclic) bond motifs is 4. The molecule has 6 heteroatoms. The predicted molar refractivity (Wildman–Crippen MR) is 108 cm³/mol. The first-order valence-corrected chi connectivity index (χ1v) is 10.4. The Bertz CT molecular complexity index is 999. The van der Waals surface area contributed by atoms with Crippen molar-refractivity contribution >= 4 is 17.6 Å². The Morgan fingerprint density at radius 2 is 1.73 bits per heavy atom. The van der Waals surface area contributed by atoms with E-state index in [0.29, 0.717) is 13.0 Å². The number of carbonyl (C=O) groups excluding carboxylic acids is 2. The van der Waals surface area contributed by atoms with Crippen LogP contribution in [0.2, 0.25) is 0 Å². The fraction of sp³-hybridized carbons (Fsp3) is 0.417. The van der Waals surface area contributed by atoms with Crippen LogP contribution in [0.4, 0.5) is 10.1 Å². The first-order valence-electron chi connectivity index (χ1n) is 10.4. The molecule has 2 atom stereocenters. The molecule has 30 heavy (non-hydrogen) atoms. The zero-order valence-corrected chi connectivity index (χ0v) is 17.1. The molecular formula is C24H24FNO4. The second kappa shape index (κ2) is 6.56. The van der Waals surface area contributed by atoms with Crippen LogP contribution in [0.15, 0.2) is 48.5 Å². The molecule has 5 rings (SSSR count). The number of hydrogen-bond donors (Lipinski definition) is 0. The molecule has 0 unspecified atom stereocenters. The lowest BCUT2D eigenvalue weighted by Crippen LogP contribution is -2.67. The van der Waals surface area contributed by atoms with Gasteiger partial charge in [-0.25, -0.2) is 4.39 Å². The van der Waals surface area contributed by atoms with Gasteiger partial charge in [0, 0.05) is 32.5 Å². The highest BCUT2D eigenvalue weighted by Crippen LogP contribution is 2.51. The maximum atomic E-state index is 14.1. The second-order valence-electron chi connectivity index (χ2n) is 8.94. The van der Waals surface area contributed by atoms with Crippen LogP contribution in [0.5, 0.6) is 0 Å². The number of anilines is 1. The molecule has 0 saturated carbocycles. The van der Waals surface area contributed by atoms with Crippen molar-refractivity contribution in [3.63, 3.8) is 0 Å². The van der Waals surface area contributed by atoms with Crippen molar-refractivity contribution in [3.8, 4) is 0 Å². The summed E-state index contributed by atoms with van der Waals surface area (Å²) in [6.45, 7) is 3.74. The fourth-order valence-corrected chi connectivity index (χ4v) is 5.27. The van der Waals surface area contributed by atoms with Gasteiger partial charge in [0.15, 0.2) is 5.41 Å². The van der Waals surface area contributed by atoms with Crippen LogP contribution in [0, 0.1) is 11.2 Å². The van der Waals surface area contributed by atoms with E-state index in [-0.39, 0.29) is 18.2 Å². The predicted octanol–water partition coefficient (Wildman–Crippen LogP) is 3.96. The summed E-state index contributed by atoms with van der Waals surface area (Å²) in [6.07, 6.45) is 1.59. The summed E-state index contributed by atoms with van der Waals surface area (Å²) in [5, 5.41) is 0. The van der Waals surface area contributed by atoms with E-state index in [9.17, 15) is 14.0 Å². The van der Waals surface area contributed by atoms with Gasteiger partial charge in [0.25, 0.3) is 5.79 Å². The Morgan fingerprint density at radius 3 is 2.43 bits per heavy atom. The average Bonchev–Trinajstić information content (AvgIpc) is 2.72. The number of hydrogen-bond acceptors (Lipinski definition) is 5. The molecule has 2 fully saturated rings. The number of benzene rings is 2. The van der Waals surface area contributed by atoms with Crippen molar-refractivity contribution in [3.05, 3.63) is 65.5 Å². The molecule has 0 radical (unpaired) electrons. The van der Waals surface area contributed by atoms with E-state index in [1.54, 1.807) is 19.9 Å². The molecule has 3 aliphatic rings. The minimum absolute atomic E-state index is 0.152. The van der Waals surface area contributed by atoms with Crippen molar-refractivity contribution in [2.75, 3.05) is 11.4 Å². The smallest absolute Gasteiger partial charge is 0.329 e. The van der Waals surface area contributed by atoms with Crippen LogP contribution >= 0.6 is 0 Å². The fourth-order valence-electron chi connectivity index (χ4n) is 5.27. The number of nitrogens with zero attached hydrogens (tertiary/aromatic N) is 1. The Labute approximate surface area is 174 Å². The molecule has 1 spiro atoms. The Kier molecular flexibility index (Phi) is 4.17. The Balaban J connectivity index is 1.62. The normalized spacial score (nSPS) is 26.4. The van der Waals surface area contributed by atoms with E-state index in [1.807, 2.05) is 23.1 Å². The van der Waals surface area contributed by atoms with Crippen LogP contribution in [0.3, 0.4) is 0 Å². The van der Waals surface area contributed by atoms with Gasteiger partial charge in [0.05, 0.1) is 6.04 Å². The van der Waals surface area contributed by atoms with Gasteiger partial charge < -0.3 is 14.4 Å². The van der Waals surface area contributed by atoms with E-state index in [2.05, 4.69) is 12.1 Å². The standard InChI is InChI=1S/C24H24FNO4/c1-23(2)29-21(27)24(22(28)30-23)14-17-8-9-18(25)13-19(17)26-11-10-16(12-20(24)26)15-6-4-3-5-7-15/h3-9,13,16,20H,10-12,14H2,1-2H3/t16-,20-/m0/s1. The van der Waals surface area contributed by atoms with Gasteiger partial charge >= 0.3 is 11.9 Å². The van der Waals surface area contributed by atoms with Crippen molar-refractivity contribution in [2.45, 2.75) is 50.9 Å². The number of carbonyl (C=O) groups is 2. The minimum Gasteiger partial charge on any atom is -0.422 e. The van der Waals surface area contributed by atoms with E-state index in [4.69, 9.17) is 9.47 Å². The minimum atomic E-state index is -1.45. The summed E-state index contributed by atoms with van der Waals surface area (Å²) in [5.74, 6) is -2.54. The first-order chi connectivity index (χ1) is 14.3. The van der Waals surface area contributed by atoms with Gasteiger partial charge in [-0.05, 0) is 42.0 Å². The molecule has 2 aromatic carbocycles. The average molecular weight is 409 g/mol. The lowest BCUT2D eigenvalue weighted by molar-refractivity contribution is -0.253. The molecule has 3 aliphatic heterocycles. The molecule has 2 saturated heterocycles. The van der Waals surface area contributed by atoms with E-state index < -0.39 is 29.2 Å². The third-order valence-corrected chi connectivity index (χ3v) is 6.67. The first kappa shape index (κ1) is 19.1. The number of halogens is 1. The van der Waals surface area contributed by atoms with Crippen molar-refractivity contribution < 1.29 is 23.5 Å². The zero-order chi connectivity index (χ0) is 21.1. The van der Waals surface area contributed by atoms with Gasteiger partial charge in [-0.1, -0.05) is 36.4 Å². The highest BCUT2D eigenvalue weighted by atomic mass is 19.1. The van der Waals surface area contributed by atoms with Gasteiger partial charge in [-0.15, -0.1) is 0 Å². The van der Waals surface area contributed by atoms with Gasteiger partial charge in [0.1, 0.15) is 5.82 Å². The molecule has 0 aromatic heterocycles. The molecule has 2 aromatic rings. The van der Waals surface area contributed by atoms with Crippen LogP contribution in [-0.4, -0.2) is 30.3 Å². The van der Waals surface area contributed by atoms with Crippen molar-refractivity contribution in [1.29, 1.82) is 0 Å². The number of piperidine rings is 1. The third-order valence-electron chi connectivity index (χ3n) is 6.67. The Hall–Kier alpha value is -2.89. The van der Waals surface area contributed by atoms with E-state index >= 15 is 0 Å². The van der Waals surface area contributed by atoms with E-state index in [0.717, 1.165) is 17.7 Å². The topological polar surface area (TPSA) is 55.8 Å². The maximum Gasteiger partial charge on any atom is 0.329 e. The number of ether oxygens (including phenoxy) is 2. The summed E-state index contributed by atoms with van der Waals surface area (Å²) >= 11 is 0. The van der Waals surface area contributed by atoms with Gasteiger partial charge in [-0.2, -0.15) is 0 Å². The molecule has 0 bridgehead atoms. The van der Waals surface area contributed by atoms with Crippen LogP contribution in [-0.2, 0) is 25.5 Å². The number of esters is 2. The maximum absolute atomic E-state index is 14.1. The molecular weight excluding hydrogens is 385 g/mol. The quantitative estimate of drug-likeness (QED) is 0.527. The highest BCUT2D eigenvalue weighted by molar-refractivity contribution is 6.04. The lowest BCUT2D eigenvalue weighted by atomic mass is 9.65. The second-order valence-corrected chi connectivity index (χ2v) is 8.94. The van der Waals surface area contributed by atoms with Gasteiger partial charge in [-0.3, -0.25) is 9.59 Å². The molecule has 5 nitrogen and oxygen atoms in total. The molecule has 156 valence electrons. The van der Waals surface area contributed by atoms with Crippen LogP contribution < -0.4 is 4.90 Å². The zero-order valence-electron chi connectivity index (χ0n) is 17.1. The van der Waals surface area contributed by atoms with E-state index in [1.165, 1.54) is 17.7 Å². The number of rotatable bonds is 1. The molecule has 3 heterocycles. The van der Waals surface area contributed by atoms with Crippen molar-refractivity contribution in [2.24, 2.45) is 5.41 Å². The summed E-state index contributed by atoms with van der Waals surface area (Å²) in [6, 6.07) is 14.2. The highest BCUT2D eigenvalue weighted by Gasteiger charge is 2.64. The monoisotopic (exact) mass is 409 g/mol. The van der Waals surface area contributed by atoms with Gasteiger partial charge in [0.2, 0.25) is 0 Å². The molecule has 0 N–H and O–H groups in total. The summed E-state index contributed by atoms with van der Waals surface area (Å²) in [5.41, 5.74) is 1.24. The Morgan fingerprint density at radius 1 is 1.03 bits per heavy atom. The lowest BCUT2D eigenvalue weighted by Gasteiger charge is -2.54. The molecule has 0 aliphatic carbocycles. The van der Waals surface area contributed by atoms with Crippen LogP contribution in [0.1, 0.15) is 43.7 Å². The SMILES string of the molecule is CC1(C)OC(=O)C2(Cc3ccc(F)cc3N3CC[C@H](c4ccccc4)C[C@H]32)C(=O)O1. The third kappa shape index (κ3) is 2.81.